The van der Waals surface area contributed by atoms with E-state index in [0.717, 1.165) is 6.07 Å². The Bertz CT molecular complexity index is 553. The van der Waals surface area contributed by atoms with Crippen molar-refractivity contribution in [1.29, 1.82) is 0 Å². The first kappa shape index (κ1) is 13.6. The molecule has 0 amide bonds. The zero-order chi connectivity index (χ0) is 14.3. The lowest BCUT2D eigenvalue weighted by atomic mass is 9.89. The van der Waals surface area contributed by atoms with Crippen LogP contribution in [-0.4, -0.2) is 25.3 Å². The fourth-order valence-corrected chi connectivity index (χ4v) is 2.76. The van der Waals surface area contributed by atoms with Crippen molar-refractivity contribution in [1.82, 2.24) is 5.32 Å². The molecule has 0 aromatic heterocycles. The number of hydrogen-bond donors (Lipinski definition) is 1. The first-order valence-corrected chi connectivity index (χ1v) is 6.35. The van der Waals surface area contributed by atoms with E-state index in [9.17, 15) is 17.6 Å². The molecule has 1 aromatic carbocycles. The normalized spacial score (nSPS) is 26.3. The Hall–Kier alpha value is -1.40. The molecule has 2 aliphatic heterocycles. The molecule has 2 nitrogen and oxygen atoms in total. The average molecular weight is 287 g/mol. The average Bonchev–Trinajstić information content (AvgIpc) is 2.37. The van der Waals surface area contributed by atoms with E-state index in [1.54, 1.807) is 6.08 Å². The van der Waals surface area contributed by atoms with E-state index in [4.69, 9.17) is 4.74 Å². The molecule has 2 heterocycles. The van der Waals surface area contributed by atoms with E-state index >= 15 is 0 Å². The van der Waals surface area contributed by atoms with Gasteiger partial charge in [0.05, 0.1) is 18.8 Å². The quantitative estimate of drug-likeness (QED) is 0.802. The first-order chi connectivity index (χ1) is 9.43. The summed E-state index contributed by atoms with van der Waals surface area (Å²) in [5.41, 5.74) is -0.240. The van der Waals surface area contributed by atoms with Gasteiger partial charge >= 0.3 is 6.18 Å². The van der Waals surface area contributed by atoms with Crippen LogP contribution < -0.4 is 5.32 Å². The maximum absolute atomic E-state index is 13.1. The Morgan fingerprint density at radius 3 is 2.70 bits per heavy atom. The van der Waals surface area contributed by atoms with Crippen molar-refractivity contribution in [3.8, 4) is 0 Å². The van der Waals surface area contributed by atoms with Gasteiger partial charge in [-0.25, -0.2) is 4.39 Å². The van der Waals surface area contributed by atoms with Gasteiger partial charge < -0.3 is 10.1 Å². The minimum atomic E-state index is -4.56. The highest BCUT2D eigenvalue weighted by molar-refractivity contribution is 5.70. The summed E-state index contributed by atoms with van der Waals surface area (Å²) >= 11 is 0. The molecule has 0 radical (unpaired) electrons. The van der Waals surface area contributed by atoms with E-state index in [1.807, 2.05) is 0 Å². The van der Waals surface area contributed by atoms with Gasteiger partial charge in [0.25, 0.3) is 0 Å². The largest absolute Gasteiger partial charge is 0.417 e. The molecule has 2 bridgehead atoms. The predicted octanol–water partition coefficient (Wildman–Crippen LogP) is 2.99. The zero-order valence-corrected chi connectivity index (χ0v) is 10.5. The number of hydrogen-bond acceptors (Lipinski definition) is 2. The Morgan fingerprint density at radius 2 is 2.00 bits per heavy atom. The van der Waals surface area contributed by atoms with E-state index in [-0.39, 0.29) is 17.6 Å². The smallest absolute Gasteiger partial charge is 0.378 e. The number of alkyl halides is 3. The number of fused-ring (bicyclic) bond motifs is 2. The lowest BCUT2D eigenvalue weighted by Gasteiger charge is -2.35. The number of rotatable bonds is 1. The maximum atomic E-state index is 13.1. The van der Waals surface area contributed by atoms with Crippen LogP contribution in [0.4, 0.5) is 17.6 Å². The van der Waals surface area contributed by atoms with Crippen LogP contribution in [0.2, 0.25) is 0 Å². The summed E-state index contributed by atoms with van der Waals surface area (Å²) in [7, 11) is 0. The van der Waals surface area contributed by atoms with Crippen molar-refractivity contribution in [2.45, 2.75) is 24.7 Å². The molecule has 0 spiro atoms. The monoisotopic (exact) mass is 287 g/mol. The Labute approximate surface area is 113 Å². The third kappa shape index (κ3) is 2.58. The van der Waals surface area contributed by atoms with Crippen LogP contribution in [0.1, 0.15) is 17.5 Å². The lowest BCUT2D eigenvalue weighted by Crippen LogP contribution is -2.50. The number of nitrogens with one attached hydrogen (secondary N) is 1. The van der Waals surface area contributed by atoms with Crippen LogP contribution in [-0.2, 0) is 10.9 Å². The van der Waals surface area contributed by atoms with Crippen molar-refractivity contribution in [2.75, 3.05) is 13.2 Å². The fourth-order valence-electron chi connectivity index (χ4n) is 2.76. The van der Waals surface area contributed by atoms with Crippen molar-refractivity contribution in [2.24, 2.45) is 0 Å². The van der Waals surface area contributed by atoms with Gasteiger partial charge in [-0.2, -0.15) is 13.2 Å². The summed E-state index contributed by atoms with van der Waals surface area (Å²) in [4.78, 5) is 0. The number of benzene rings is 1. The summed E-state index contributed by atoms with van der Waals surface area (Å²) in [6.07, 6.45) is -2.36. The van der Waals surface area contributed by atoms with Gasteiger partial charge in [0.1, 0.15) is 5.82 Å². The molecule has 2 atom stereocenters. The molecule has 1 fully saturated rings. The Morgan fingerprint density at radius 1 is 1.20 bits per heavy atom. The standard InChI is InChI=1S/C14H13F4NO/c15-9-1-2-12(13(5-9)14(16,17)18)8-3-10-6-20-7-11(4-8)19-10/h1-3,5,10-11,19H,4,6-7H2. The molecular formula is C14H13F4NO. The molecule has 1 N–H and O–H groups in total. The second kappa shape index (κ2) is 4.86. The fraction of sp³-hybridized carbons (Fsp3) is 0.429. The topological polar surface area (TPSA) is 21.3 Å². The molecule has 1 saturated heterocycles. The Balaban J connectivity index is 2.04. The summed E-state index contributed by atoms with van der Waals surface area (Å²) in [6.45, 7) is 0.929. The molecule has 0 saturated carbocycles. The molecule has 20 heavy (non-hydrogen) atoms. The first-order valence-electron chi connectivity index (χ1n) is 6.35. The number of morpholine rings is 1. The summed E-state index contributed by atoms with van der Waals surface area (Å²) in [5, 5.41) is 3.27. The molecule has 1 aromatic rings. The molecule has 108 valence electrons. The highest BCUT2D eigenvalue weighted by Crippen LogP contribution is 2.38. The number of ether oxygens (including phenoxy) is 1. The second-order valence-electron chi connectivity index (χ2n) is 5.09. The van der Waals surface area contributed by atoms with Gasteiger partial charge in [-0.1, -0.05) is 12.1 Å². The Kier molecular flexibility index (Phi) is 3.30. The summed E-state index contributed by atoms with van der Waals surface area (Å²) < 4.78 is 57.6. The van der Waals surface area contributed by atoms with Crippen molar-refractivity contribution in [3.63, 3.8) is 0 Å². The van der Waals surface area contributed by atoms with Crippen molar-refractivity contribution >= 4 is 5.57 Å². The van der Waals surface area contributed by atoms with Gasteiger partial charge in [-0.15, -0.1) is 0 Å². The van der Waals surface area contributed by atoms with Crippen LogP contribution >= 0.6 is 0 Å². The third-order valence-electron chi connectivity index (χ3n) is 3.57. The van der Waals surface area contributed by atoms with Crippen LogP contribution in [0.5, 0.6) is 0 Å². The van der Waals surface area contributed by atoms with Crippen LogP contribution in [0.3, 0.4) is 0 Å². The molecular weight excluding hydrogens is 274 g/mol. The third-order valence-corrected chi connectivity index (χ3v) is 3.57. The van der Waals surface area contributed by atoms with Gasteiger partial charge in [0.15, 0.2) is 0 Å². The van der Waals surface area contributed by atoms with Gasteiger partial charge in [-0.3, -0.25) is 0 Å². The van der Waals surface area contributed by atoms with Crippen molar-refractivity contribution in [3.05, 3.63) is 41.2 Å². The highest BCUT2D eigenvalue weighted by Gasteiger charge is 2.36. The zero-order valence-electron chi connectivity index (χ0n) is 10.5. The van der Waals surface area contributed by atoms with Crippen LogP contribution in [0, 0.1) is 5.82 Å². The highest BCUT2D eigenvalue weighted by atomic mass is 19.4. The predicted molar refractivity (Wildman–Crippen MR) is 65.5 cm³/mol. The molecule has 6 heteroatoms. The maximum Gasteiger partial charge on any atom is 0.417 e. The SMILES string of the molecule is Fc1ccc(C2=CC3COCC(C2)N3)c(C(F)(F)F)c1. The lowest BCUT2D eigenvalue weighted by molar-refractivity contribution is -0.138. The molecule has 2 unspecified atom stereocenters. The van der Waals surface area contributed by atoms with Crippen LogP contribution in [0.25, 0.3) is 5.57 Å². The minimum absolute atomic E-state index is 0.0138. The molecule has 3 rings (SSSR count). The van der Waals surface area contributed by atoms with Gasteiger partial charge in [-0.05, 0) is 29.7 Å². The van der Waals surface area contributed by atoms with Gasteiger partial charge in [0, 0.05) is 12.1 Å². The summed E-state index contributed by atoms with van der Waals surface area (Å²) in [6, 6.07) is 2.78. The van der Waals surface area contributed by atoms with Crippen LogP contribution in [0.15, 0.2) is 24.3 Å². The van der Waals surface area contributed by atoms with E-state index in [2.05, 4.69) is 5.32 Å². The van der Waals surface area contributed by atoms with E-state index < -0.39 is 17.6 Å². The minimum Gasteiger partial charge on any atom is -0.378 e. The molecule has 2 aliphatic rings. The molecule has 0 aliphatic carbocycles. The second-order valence-corrected chi connectivity index (χ2v) is 5.09. The van der Waals surface area contributed by atoms with Gasteiger partial charge in [0.2, 0.25) is 0 Å². The summed E-state index contributed by atoms with van der Waals surface area (Å²) in [5.74, 6) is -0.876. The number of halogens is 4. The van der Waals surface area contributed by atoms with Crippen molar-refractivity contribution < 1.29 is 22.3 Å². The van der Waals surface area contributed by atoms with E-state index in [1.165, 1.54) is 6.07 Å². The van der Waals surface area contributed by atoms with E-state index in [0.29, 0.717) is 31.3 Å².